The van der Waals surface area contributed by atoms with Crippen LogP contribution in [0.1, 0.15) is 50.8 Å². The minimum atomic E-state index is 0.449. The molecular formula is C12H20ClN3. The van der Waals surface area contributed by atoms with Gasteiger partial charge >= 0.3 is 0 Å². The Morgan fingerprint density at radius 2 is 2.25 bits per heavy atom. The second-order valence-corrected chi connectivity index (χ2v) is 5.20. The summed E-state index contributed by atoms with van der Waals surface area (Å²) in [6.07, 6.45) is 6.25. The minimum absolute atomic E-state index is 0.449. The highest BCUT2D eigenvalue weighted by atomic mass is 35.5. The van der Waals surface area contributed by atoms with Crippen LogP contribution in [-0.2, 0) is 0 Å². The van der Waals surface area contributed by atoms with Crippen molar-refractivity contribution in [1.82, 2.24) is 9.78 Å². The van der Waals surface area contributed by atoms with Crippen LogP contribution >= 0.6 is 11.6 Å². The molecule has 2 N–H and O–H groups in total. The van der Waals surface area contributed by atoms with Crippen molar-refractivity contribution >= 4 is 17.4 Å². The van der Waals surface area contributed by atoms with Crippen molar-refractivity contribution in [2.75, 3.05) is 5.73 Å². The SMILES string of the molecule is CCC1CCCC(n2nc(C)c(Cl)c2N)C1. The second-order valence-electron chi connectivity index (χ2n) is 4.82. The Morgan fingerprint density at radius 1 is 1.50 bits per heavy atom. The number of halogens is 1. The summed E-state index contributed by atoms with van der Waals surface area (Å²) >= 11 is 6.08. The van der Waals surface area contributed by atoms with Crippen molar-refractivity contribution in [3.63, 3.8) is 0 Å². The summed E-state index contributed by atoms with van der Waals surface area (Å²) in [6.45, 7) is 4.17. The highest BCUT2D eigenvalue weighted by molar-refractivity contribution is 6.33. The highest BCUT2D eigenvalue weighted by Gasteiger charge is 2.25. The standard InChI is InChI=1S/C12H20ClN3/c1-3-9-5-4-6-10(7-9)16-12(14)11(13)8(2)15-16/h9-10H,3-7,14H2,1-2H3. The Balaban J connectivity index is 2.20. The molecule has 0 radical (unpaired) electrons. The molecule has 1 aromatic heterocycles. The maximum Gasteiger partial charge on any atom is 0.141 e. The molecule has 90 valence electrons. The predicted molar refractivity (Wildman–Crippen MR) is 67.7 cm³/mol. The van der Waals surface area contributed by atoms with Crippen LogP contribution in [0.4, 0.5) is 5.82 Å². The Morgan fingerprint density at radius 3 is 2.81 bits per heavy atom. The van der Waals surface area contributed by atoms with E-state index in [1.807, 2.05) is 11.6 Å². The zero-order valence-electron chi connectivity index (χ0n) is 10.0. The number of nitrogens with two attached hydrogens (primary N) is 1. The molecule has 2 atom stereocenters. The molecule has 1 fully saturated rings. The first-order chi connectivity index (χ1) is 7.63. The molecule has 3 nitrogen and oxygen atoms in total. The topological polar surface area (TPSA) is 43.8 Å². The van der Waals surface area contributed by atoms with Gasteiger partial charge in [-0.25, -0.2) is 4.68 Å². The summed E-state index contributed by atoms with van der Waals surface area (Å²) < 4.78 is 1.94. The average Bonchev–Trinajstić information content (AvgIpc) is 2.57. The number of nitrogens with zero attached hydrogens (tertiary/aromatic N) is 2. The molecule has 0 bridgehead atoms. The molecule has 0 saturated heterocycles. The number of anilines is 1. The van der Waals surface area contributed by atoms with E-state index in [0.717, 1.165) is 11.6 Å². The second kappa shape index (κ2) is 4.66. The van der Waals surface area contributed by atoms with E-state index in [4.69, 9.17) is 17.3 Å². The molecule has 1 heterocycles. The Bertz CT molecular complexity index is 373. The molecule has 16 heavy (non-hydrogen) atoms. The zero-order chi connectivity index (χ0) is 11.7. The van der Waals surface area contributed by atoms with E-state index in [9.17, 15) is 0 Å². The van der Waals surface area contributed by atoms with Gasteiger partial charge in [-0.2, -0.15) is 5.10 Å². The maximum atomic E-state index is 6.08. The van der Waals surface area contributed by atoms with Crippen LogP contribution in [0, 0.1) is 12.8 Å². The van der Waals surface area contributed by atoms with E-state index in [1.165, 1.54) is 32.1 Å². The lowest BCUT2D eigenvalue weighted by molar-refractivity contribution is 0.249. The Labute approximate surface area is 102 Å². The van der Waals surface area contributed by atoms with Gasteiger partial charge in [0.25, 0.3) is 0 Å². The van der Waals surface area contributed by atoms with Gasteiger partial charge in [-0.15, -0.1) is 0 Å². The molecule has 2 rings (SSSR count). The predicted octanol–water partition coefficient (Wildman–Crippen LogP) is 3.57. The van der Waals surface area contributed by atoms with Gasteiger partial charge in [-0.05, 0) is 25.7 Å². The summed E-state index contributed by atoms with van der Waals surface area (Å²) in [5.41, 5.74) is 6.83. The van der Waals surface area contributed by atoms with Crippen LogP contribution in [0.5, 0.6) is 0 Å². The van der Waals surface area contributed by atoms with E-state index in [1.54, 1.807) is 0 Å². The van der Waals surface area contributed by atoms with Gasteiger partial charge in [-0.3, -0.25) is 0 Å². The molecule has 0 amide bonds. The summed E-state index contributed by atoms with van der Waals surface area (Å²) in [7, 11) is 0. The molecular weight excluding hydrogens is 222 g/mol. The van der Waals surface area contributed by atoms with Crippen LogP contribution in [0.15, 0.2) is 0 Å². The summed E-state index contributed by atoms with van der Waals surface area (Å²) in [4.78, 5) is 0. The normalized spacial score (nSPS) is 25.9. The van der Waals surface area contributed by atoms with Gasteiger partial charge in [0.05, 0.1) is 11.7 Å². The third-order valence-electron chi connectivity index (χ3n) is 3.73. The van der Waals surface area contributed by atoms with Crippen LogP contribution in [0.25, 0.3) is 0 Å². The van der Waals surface area contributed by atoms with E-state index >= 15 is 0 Å². The van der Waals surface area contributed by atoms with Crippen LogP contribution in [0.2, 0.25) is 5.02 Å². The largest absolute Gasteiger partial charge is 0.383 e. The van der Waals surface area contributed by atoms with Gasteiger partial charge in [0.2, 0.25) is 0 Å². The van der Waals surface area contributed by atoms with Crippen molar-refractivity contribution in [2.45, 2.75) is 52.0 Å². The first-order valence-electron chi connectivity index (χ1n) is 6.13. The molecule has 1 aromatic rings. The fourth-order valence-corrected chi connectivity index (χ4v) is 2.80. The lowest BCUT2D eigenvalue weighted by atomic mass is 9.84. The van der Waals surface area contributed by atoms with Crippen LogP contribution in [-0.4, -0.2) is 9.78 Å². The van der Waals surface area contributed by atoms with Crippen LogP contribution in [0.3, 0.4) is 0 Å². The van der Waals surface area contributed by atoms with E-state index in [-0.39, 0.29) is 0 Å². The Kier molecular flexibility index (Phi) is 3.43. The van der Waals surface area contributed by atoms with E-state index in [2.05, 4.69) is 12.0 Å². The quantitative estimate of drug-likeness (QED) is 0.860. The number of aromatic nitrogens is 2. The minimum Gasteiger partial charge on any atom is -0.383 e. The third-order valence-corrected chi connectivity index (χ3v) is 4.19. The Hall–Kier alpha value is -0.700. The van der Waals surface area contributed by atoms with Crippen molar-refractivity contribution in [2.24, 2.45) is 5.92 Å². The molecule has 0 aliphatic heterocycles. The first kappa shape index (κ1) is 11.8. The van der Waals surface area contributed by atoms with Crippen molar-refractivity contribution in [1.29, 1.82) is 0 Å². The fourth-order valence-electron chi connectivity index (χ4n) is 2.68. The van der Waals surface area contributed by atoms with Crippen molar-refractivity contribution < 1.29 is 0 Å². The summed E-state index contributed by atoms with van der Waals surface area (Å²) in [5.74, 6) is 1.46. The molecule has 1 aliphatic carbocycles. The average molecular weight is 242 g/mol. The van der Waals surface area contributed by atoms with Gasteiger partial charge in [0.1, 0.15) is 10.8 Å². The molecule has 1 aliphatic rings. The highest BCUT2D eigenvalue weighted by Crippen LogP contribution is 2.36. The first-order valence-corrected chi connectivity index (χ1v) is 6.51. The van der Waals surface area contributed by atoms with Crippen molar-refractivity contribution in [3.05, 3.63) is 10.7 Å². The monoisotopic (exact) mass is 241 g/mol. The molecule has 0 spiro atoms. The number of hydrogen-bond acceptors (Lipinski definition) is 2. The number of nitrogen functional groups attached to an aromatic ring is 1. The third kappa shape index (κ3) is 2.05. The van der Waals surface area contributed by atoms with Gasteiger partial charge in [0.15, 0.2) is 0 Å². The van der Waals surface area contributed by atoms with Crippen LogP contribution < -0.4 is 5.73 Å². The fraction of sp³-hybridized carbons (Fsp3) is 0.750. The van der Waals surface area contributed by atoms with Gasteiger partial charge < -0.3 is 5.73 Å². The van der Waals surface area contributed by atoms with Crippen molar-refractivity contribution in [3.8, 4) is 0 Å². The summed E-state index contributed by atoms with van der Waals surface area (Å²) in [5, 5.41) is 5.09. The van der Waals surface area contributed by atoms with E-state index in [0.29, 0.717) is 16.9 Å². The van der Waals surface area contributed by atoms with Gasteiger partial charge in [-0.1, -0.05) is 37.8 Å². The molecule has 0 aromatic carbocycles. The lowest BCUT2D eigenvalue weighted by Crippen LogP contribution is -2.21. The smallest absolute Gasteiger partial charge is 0.141 e. The number of rotatable bonds is 2. The lowest BCUT2D eigenvalue weighted by Gasteiger charge is -2.29. The molecule has 4 heteroatoms. The van der Waals surface area contributed by atoms with Gasteiger partial charge in [0, 0.05) is 0 Å². The number of hydrogen-bond donors (Lipinski definition) is 1. The maximum absolute atomic E-state index is 6.08. The van der Waals surface area contributed by atoms with E-state index < -0.39 is 0 Å². The molecule has 2 unspecified atom stereocenters. The zero-order valence-corrected chi connectivity index (χ0v) is 10.8. The number of aryl methyl sites for hydroxylation is 1. The molecule has 1 saturated carbocycles. The summed E-state index contributed by atoms with van der Waals surface area (Å²) in [6, 6.07) is 0.449.